The van der Waals surface area contributed by atoms with Gasteiger partial charge in [0.25, 0.3) is 6.29 Å². The smallest absolute Gasteiger partial charge is 0.309 e. The lowest BCUT2D eigenvalue weighted by Gasteiger charge is -2.43. The van der Waals surface area contributed by atoms with Crippen molar-refractivity contribution in [2.75, 3.05) is 13.2 Å². The molecule has 1 aliphatic heterocycles. The van der Waals surface area contributed by atoms with Crippen molar-refractivity contribution in [2.45, 2.75) is 90.8 Å². The van der Waals surface area contributed by atoms with Crippen LogP contribution in [-0.4, -0.2) is 70.0 Å². The Bertz CT molecular complexity index is 804. The van der Waals surface area contributed by atoms with E-state index in [0.29, 0.717) is 0 Å². The normalized spacial score (nSPS) is 30.1. The van der Waals surface area contributed by atoms with Gasteiger partial charge in [-0.3, -0.25) is 14.4 Å². The molecule has 1 heterocycles. The quantitative estimate of drug-likeness (QED) is 0.283. The number of aliphatic hydroxyl groups excluding tert-OH is 1. The monoisotopic (exact) mass is 500 g/mol. The van der Waals surface area contributed by atoms with E-state index in [1.54, 1.807) is 0 Å². The lowest BCUT2D eigenvalue weighted by Crippen LogP contribution is -2.59. The van der Waals surface area contributed by atoms with E-state index in [1.165, 1.54) is 0 Å². The Hall–Kier alpha value is -2.17. The number of hydrogen-bond donors (Lipinski definition) is 3. The van der Waals surface area contributed by atoms with Crippen LogP contribution in [0.15, 0.2) is 11.8 Å². The molecule has 0 aromatic heterocycles. The van der Waals surface area contributed by atoms with Crippen LogP contribution < -0.4 is 0 Å². The second-order valence-corrected chi connectivity index (χ2v) is 10.9. The number of hydrogen-bond acceptors (Lipinski definition) is 10. The second kappa shape index (κ2) is 11.7. The molecule has 2 rings (SSSR count). The van der Waals surface area contributed by atoms with Crippen molar-refractivity contribution < 1.29 is 48.7 Å². The van der Waals surface area contributed by atoms with Crippen LogP contribution in [0.1, 0.15) is 67.2 Å². The highest BCUT2D eigenvalue weighted by Crippen LogP contribution is 2.52. The van der Waals surface area contributed by atoms with Gasteiger partial charge in [0.15, 0.2) is 0 Å². The number of fused-ring (bicyclic) bond motifs is 1. The molecule has 1 saturated carbocycles. The number of carbonyl (C=O) groups excluding carboxylic acids is 3. The highest BCUT2D eigenvalue weighted by molar-refractivity contribution is 5.70. The van der Waals surface area contributed by atoms with Crippen molar-refractivity contribution in [3.63, 3.8) is 0 Å². The van der Waals surface area contributed by atoms with Crippen LogP contribution >= 0.6 is 0 Å². The Morgan fingerprint density at radius 3 is 2.00 bits per heavy atom. The van der Waals surface area contributed by atoms with Crippen molar-refractivity contribution in [2.24, 2.45) is 23.7 Å². The molecule has 35 heavy (non-hydrogen) atoms. The van der Waals surface area contributed by atoms with Crippen molar-refractivity contribution in [1.29, 1.82) is 0 Å². The Morgan fingerprint density at radius 2 is 1.46 bits per heavy atom. The summed E-state index contributed by atoms with van der Waals surface area (Å²) in [5, 5.41) is 34.0. The van der Waals surface area contributed by atoms with Gasteiger partial charge in [-0.05, 0) is 17.8 Å². The Morgan fingerprint density at radius 1 is 0.943 bits per heavy atom. The summed E-state index contributed by atoms with van der Waals surface area (Å²) in [6, 6.07) is 0. The van der Waals surface area contributed by atoms with Crippen LogP contribution in [0.3, 0.4) is 0 Å². The number of rotatable bonds is 11. The van der Waals surface area contributed by atoms with Gasteiger partial charge in [-0.15, -0.1) is 0 Å². The highest BCUT2D eigenvalue weighted by atomic mass is 16.7. The van der Waals surface area contributed by atoms with E-state index in [0.717, 1.165) is 6.26 Å². The van der Waals surface area contributed by atoms with E-state index >= 15 is 0 Å². The van der Waals surface area contributed by atoms with Gasteiger partial charge in [0.1, 0.15) is 30.3 Å². The fourth-order valence-corrected chi connectivity index (χ4v) is 4.43. The zero-order chi connectivity index (χ0) is 26.6. The lowest BCUT2D eigenvalue weighted by atomic mass is 9.77. The molecule has 200 valence electrons. The van der Waals surface area contributed by atoms with Gasteiger partial charge >= 0.3 is 17.9 Å². The van der Waals surface area contributed by atoms with E-state index in [1.807, 2.05) is 41.5 Å². The molecule has 0 aromatic carbocycles. The fraction of sp³-hybridized carbons (Fsp3) is 0.800. The minimum atomic E-state index is -2.19. The maximum absolute atomic E-state index is 12.4. The molecule has 0 saturated heterocycles. The Balaban J connectivity index is 2.32. The van der Waals surface area contributed by atoms with Gasteiger partial charge in [0.05, 0.1) is 12.4 Å². The summed E-state index contributed by atoms with van der Waals surface area (Å²) in [6.45, 7) is 10.0. The van der Waals surface area contributed by atoms with Crippen LogP contribution in [0.4, 0.5) is 0 Å². The Kier molecular flexibility index (Phi) is 9.72. The Labute approximate surface area is 206 Å². The van der Waals surface area contributed by atoms with Crippen molar-refractivity contribution in [3.8, 4) is 0 Å². The van der Waals surface area contributed by atoms with E-state index in [4.69, 9.17) is 18.9 Å². The van der Waals surface area contributed by atoms with Crippen LogP contribution in [0.25, 0.3) is 0 Å². The van der Waals surface area contributed by atoms with Crippen molar-refractivity contribution in [3.05, 3.63) is 11.8 Å². The summed E-state index contributed by atoms with van der Waals surface area (Å²) in [7, 11) is 0. The molecule has 0 aromatic rings. The highest BCUT2D eigenvalue weighted by Gasteiger charge is 2.69. The molecule has 10 heteroatoms. The first-order chi connectivity index (χ1) is 16.2. The van der Waals surface area contributed by atoms with Crippen LogP contribution in [0.5, 0.6) is 0 Å². The number of ether oxygens (including phenoxy) is 4. The predicted octanol–water partition coefficient (Wildman–Crippen LogP) is 1.84. The van der Waals surface area contributed by atoms with Gasteiger partial charge in [-0.1, -0.05) is 41.5 Å². The standard InChI is InChI=1S/C25H40O10/c1-14(2)7-19(27)32-11-17-12-33-23(35-21(29)9-16(5)6)22-24(17,30)10-18(26)25(22,31)13-34-20(28)8-15(3)4/h12,14-16,18,22-23,26,30-31H,7-11,13H2,1-6H3/t18-,22+,23-,24+,25-/m1/s1. The van der Waals surface area contributed by atoms with Gasteiger partial charge < -0.3 is 34.3 Å². The molecule has 5 atom stereocenters. The number of esters is 3. The molecule has 10 nitrogen and oxygen atoms in total. The summed E-state index contributed by atoms with van der Waals surface area (Å²) < 4.78 is 21.5. The number of aliphatic hydroxyl groups is 3. The molecule has 0 unspecified atom stereocenters. The summed E-state index contributed by atoms with van der Waals surface area (Å²) in [4.78, 5) is 36.6. The summed E-state index contributed by atoms with van der Waals surface area (Å²) in [5.41, 5.74) is -4.04. The molecule has 2 aliphatic rings. The molecule has 0 spiro atoms. The first kappa shape index (κ1) is 29.1. The predicted molar refractivity (Wildman–Crippen MR) is 123 cm³/mol. The first-order valence-corrected chi connectivity index (χ1v) is 12.2. The molecule has 1 aliphatic carbocycles. The van der Waals surface area contributed by atoms with Gasteiger partial charge in [-0.2, -0.15) is 0 Å². The third kappa shape index (κ3) is 7.17. The third-order valence-corrected chi connectivity index (χ3v) is 6.13. The average Bonchev–Trinajstić information content (AvgIpc) is 2.90. The maximum atomic E-state index is 12.4. The topological polar surface area (TPSA) is 149 Å². The molecular formula is C25H40O10. The van der Waals surface area contributed by atoms with Crippen molar-refractivity contribution >= 4 is 17.9 Å². The largest absolute Gasteiger partial charge is 0.462 e. The van der Waals surface area contributed by atoms with Gasteiger partial charge in [-0.25, -0.2) is 0 Å². The van der Waals surface area contributed by atoms with Gasteiger partial charge in [0, 0.05) is 31.3 Å². The summed E-state index contributed by atoms with van der Waals surface area (Å²) in [5.74, 6) is -3.02. The minimum absolute atomic E-state index is 0.0125. The summed E-state index contributed by atoms with van der Waals surface area (Å²) >= 11 is 0. The van der Waals surface area contributed by atoms with E-state index in [9.17, 15) is 29.7 Å². The molecule has 0 radical (unpaired) electrons. The zero-order valence-electron chi connectivity index (χ0n) is 21.5. The van der Waals surface area contributed by atoms with Crippen LogP contribution in [0.2, 0.25) is 0 Å². The third-order valence-electron chi connectivity index (χ3n) is 6.13. The number of carbonyl (C=O) groups is 3. The summed E-state index contributed by atoms with van der Waals surface area (Å²) in [6.07, 6.45) is -1.91. The van der Waals surface area contributed by atoms with Crippen LogP contribution in [-0.2, 0) is 33.3 Å². The maximum Gasteiger partial charge on any atom is 0.309 e. The van der Waals surface area contributed by atoms with E-state index in [2.05, 4.69) is 0 Å². The van der Waals surface area contributed by atoms with Crippen LogP contribution in [0, 0.1) is 23.7 Å². The van der Waals surface area contributed by atoms with Crippen molar-refractivity contribution in [1.82, 2.24) is 0 Å². The van der Waals surface area contributed by atoms with E-state index in [-0.39, 0.29) is 55.6 Å². The molecule has 1 fully saturated rings. The average molecular weight is 501 g/mol. The molecule has 0 amide bonds. The molecular weight excluding hydrogens is 460 g/mol. The fourth-order valence-electron chi connectivity index (χ4n) is 4.43. The zero-order valence-corrected chi connectivity index (χ0v) is 21.5. The van der Waals surface area contributed by atoms with Gasteiger partial charge in [0.2, 0.25) is 0 Å². The first-order valence-electron chi connectivity index (χ1n) is 12.2. The second-order valence-electron chi connectivity index (χ2n) is 10.9. The van der Waals surface area contributed by atoms with E-state index < -0.39 is 54.0 Å². The molecule has 0 bridgehead atoms. The molecule has 3 N–H and O–H groups in total. The lowest BCUT2D eigenvalue weighted by molar-refractivity contribution is -0.239. The minimum Gasteiger partial charge on any atom is -0.462 e. The SMILES string of the molecule is CC(C)CC(=O)OCC1=CO[C@H](OC(=O)CC(C)C)[C@@H]2[C@@](O)(COC(=O)CC(C)C)[C@H](O)C[C@]12O.